The summed E-state index contributed by atoms with van der Waals surface area (Å²) < 4.78 is 11.0. The topological polar surface area (TPSA) is 67.8 Å². The molecule has 8 heteroatoms. The molecular weight excluding hydrogens is 499 g/mol. The number of benzene rings is 1. The number of guanidine groups is 1. The summed E-state index contributed by atoms with van der Waals surface area (Å²) in [5.41, 5.74) is 3.42. The Balaban J connectivity index is 0.00000420. The Hall–Kier alpha value is -1.39. The van der Waals surface area contributed by atoms with Gasteiger partial charge in [0.05, 0.1) is 17.3 Å². The van der Waals surface area contributed by atoms with E-state index in [1.165, 1.54) is 10.4 Å². The third-order valence-corrected chi connectivity index (χ3v) is 5.42. The lowest BCUT2D eigenvalue weighted by molar-refractivity contribution is 0.172. The minimum Gasteiger partial charge on any atom is -0.493 e. The number of nitrogens with zero attached hydrogens (tertiary/aromatic N) is 2. The van der Waals surface area contributed by atoms with Gasteiger partial charge in [-0.3, -0.25) is 4.99 Å². The number of hydrogen-bond acceptors (Lipinski definition) is 5. The van der Waals surface area contributed by atoms with Gasteiger partial charge in [0, 0.05) is 57.1 Å². The molecular formula is C21H33IN4O2S. The van der Waals surface area contributed by atoms with Gasteiger partial charge >= 0.3 is 0 Å². The van der Waals surface area contributed by atoms with Crippen LogP contribution >= 0.6 is 35.3 Å². The van der Waals surface area contributed by atoms with Crippen LogP contribution in [0.4, 0.5) is 0 Å². The third kappa shape index (κ3) is 8.88. The van der Waals surface area contributed by atoms with Crippen LogP contribution in [0.25, 0.3) is 0 Å². The van der Waals surface area contributed by atoms with E-state index in [1.807, 2.05) is 6.92 Å². The predicted molar refractivity (Wildman–Crippen MR) is 132 cm³/mol. The quantitative estimate of drug-likeness (QED) is 0.210. The molecule has 1 aromatic carbocycles. The van der Waals surface area contributed by atoms with Crippen molar-refractivity contribution in [3.8, 4) is 5.75 Å². The number of aromatic nitrogens is 1. The minimum absolute atomic E-state index is 0. The summed E-state index contributed by atoms with van der Waals surface area (Å²) in [4.78, 5) is 10.1. The molecule has 29 heavy (non-hydrogen) atoms. The van der Waals surface area contributed by atoms with Crippen LogP contribution < -0.4 is 15.4 Å². The van der Waals surface area contributed by atoms with Gasteiger partial charge in [-0.2, -0.15) is 0 Å². The zero-order valence-electron chi connectivity index (χ0n) is 18.0. The Labute approximate surface area is 195 Å². The minimum atomic E-state index is 0. The number of halogens is 1. The zero-order chi connectivity index (χ0) is 20.4. The molecule has 0 aliphatic rings. The third-order valence-electron chi connectivity index (χ3n) is 4.29. The fraction of sp³-hybridized carbons (Fsp3) is 0.524. The first kappa shape index (κ1) is 25.6. The second-order valence-corrected chi connectivity index (χ2v) is 7.94. The number of nitrogens with one attached hydrogen (secondary N) is 2. The lowest BCUT2D eigenvalue weighted by atomic mass is 10.1. The van der Waals surface area contributed by atoms with E-state index >= 15 is 0 Å². The largest absolute Gasteiger partial charge is 0.493 e. The van der Waals surface area contributed by atoms with E-state index in [1.54, 1.807) is 25.5 Å². The van der Waals surface area contributed by atoms with E-state index in [9.17, 15) is 0 Å². The van der Waals surface area contributed by atoms with E-state index < -0.39 is 0 Å². The van der Waals surface area contributed by atoms with Gasteiger partial charge in [-0.15, -0.1) is 35.3 Å². The summed E-state index contributed by atoms with van der Waals surface area (Å²) in [6.45, 7) is 9.00. The highest BCUT2D eigenvalue weighted by molar-refractivity contribution is 14.0. The second-order valence-electron chi connectivity index (χ2n) is 6.65. The first-order valence-electron chi connectivity index (χ1n) is 9.62. The maximum atomic E-state index is 5.95. The first-order chi connectivity index (χ1) is 13.5. The molecule has 0 unspecified atom stereocenters. The lowest BCUT2D eigenvalue weighted by Gasteiger charge is -2.15. The Kier molecular flexibility index (Phi) is 12.2. The number of rotatable bonds is 10. The second kappa shape index (κ2) is 13.8. The molecule has 0 aliphatic carbocycles. The van der Waals surface area contributed by atoms with Gasteiger partial charge in [-0.05, 0) is 32.4 Å². The van der Waals surface area contributed by atoms with Crippen molar-refractivity contribution in [3.63, 3.8) is 0 Å². The molecule has 2 aromatic rings. The molecule has 0 radical (unpaired) electrons. The molecule has 1 heterocycles. The molecule has 0 atom stereocenters. The highest BCUT2D eigenvalue weighted by Gasteiger charge is 2.07. The van der Waals surface area contributed by atoms with Gasteiger partial charge in [-0.25, -0.2) is 4.98 Å². The summed E-state index contributed by atoms with van der Waals surface area (Å²) in [5.74, 6) is 1.69. The Morgan fingerprint density at radius 2 is 1.97 bits per heavy atom. The monoisotopic (exact) mass is 532 g/mol. The first-order valence-corrected chi connectivity index (χ1v) is 10.4. The standard InChI is InChI=1S/C21H32N4O2S.HI/c1-15-7-8-18(19(13-15)27-12-6-11-26-5)14-24-21(22-4)23-10-9-20-16(2)25-17(3)28-20;/h7-8,13H,6,9-12,14H2,1-5H3,(H2,22,23,24);1H. The van der Waals surface area contributed by atoms with Crippen LogP contribution in [-0.4, -0.2) is 44.9 Å². The number of methoxy groups -OCH3 is 1. The van der Waals surface area contributed by atoms with Gasteiger partial charge in [0.2, 0.25) is 0 Å². The molecule has 0 spiro atoms. The maximum absolute atomic E-state index is 5.95. The summed E-state index contributed by atoms with van der Waals surface area (Å²) in [6, 6.07) is 6.28. The molecule has 2 rings (SSSR count). The summed E-state index contributed by atoms with van der Waals surface area (Å²) in [5, 5.41) is 7.87. The molecule has 0 bridgehead atoms. The van der Waals surface area contributed by atoms with Gasteiger partial charge in [0.15, 0.2) is 5.96 Å². The molecule has 0 saturated heterocycles. The molecule has 2 N–H and O–H groups in total. The number of ether oxygens (including phenoxy) is 2. The van der Waals surface area contributed by atoms with Crippen LogP contribution in [0.2, 0.25) is 0 Å². The van der Waals surface area contributed by atoms with Gasteiger partial charge in [0.25, 0.3) is 0 Å². The van der Waals surface area contributed by atoms with E-state index in [4.69, 9.17) is 9.47 Å². The number of hydrogen-bond donors (Lipinski definition) is 2. The average Bonchev–Trinajstić information content (AvgIpc) is 3.00. The maximum Gasteiger partial charge on any atom is 0.191 e. The van der Waals surface area contributed by atoms with Gasteiger partial charge in [-0.1, -0.05) is 12.1 Å². The SMILES string of the molecule is CN=C(NCCc1sc(C)nc1C)NCc1ccc(C)cc1OCCCOC.I. The van der Waals surface area contributed by atoms with Crippen molar-refractivity contribution in [1.29, 1.82) is 0 Å². The summed E-state index contributed by atoms with van der Waals surface area (Å²) in [6.07, 6.45) is 1.81. The number of aryl methyl sites for hydroxylation is 3. The molecule has 162 valence electrons. The van der Waals surface area contributed by atoms with Crippen LogP contribution in [-0.2, 0) is 17.7 Å². The van der Waals surface area contributed by atoms with Crippen LogP contribution in [0.3, 0.4) is 0 Å². The zero-order valence-corrected chi connectivity index (χ0v) is 21.1. The normalized spacial score (nSPS) is 11.1. The van der Waals surface area contributed by atoms with E-state index in [0.717, 1.165) is 47.4 Å². The van der Waals surface area contributed by atoms with E-state index in [-0.39, 0.29) is 24.0 Å². The molecule has 0 saturated carbocycles. The number of thiazole rings is 1. The van der Waals surface area contributed by atoms with Crippen LogP contribution in [0.1, 0.15) is 33.1 Å². The fourth-order valence-electron chi connectivity index (χ4n) is 2.83. The highest BCUT2D eigenvalue weighted by Crippen LogP contribution is 2.20. The van der Waals surface area contributed by atoms with Crippen LogP contribution in [0.15, 0.2) is 23.2 Å². The van der Waals surface area contributed by atoms with Crippen molar-refractivity contribution in [2.45, 2.75) is 40.2 Å². The van der Waals surface area contributed by atoms with E-state index in [2.05, 4.69) is 52.7 Å². The summed E-state index contributed by atoms with van der Waals surface area (Å²) >= 11 is 1.76. The predicted octanol–water partition coefficient (Wildman–Crippen LogP) is 4.01. The smallest absolute Gasteiger partial charge is 0.191 e. The average molecular weight is 532 g/mol. The lowest BCUT2D eigenvalue weighted by Crippen LogP contribution is -2.37. The molecule has 0 fully saturated rings. The molecule has 0 aliphatic heterocycles. The van der Waals surface area contributed by atoms with Crippen molar-refractivity contribution < 1.29 is 9.47 Å². The Morgan fingerprint density at radius 1 is 1.17 bits per heavy atom. The van der Waals surface area contributed by atoms with Crippen molar-refractivity contribution >= 4 is 41.3 Å². The molecule has 6 nitrogen and oxygen atoms in total. The molecule has 0 amide bonds. The van der Waals surface area contributed by atoms with Gasteiger partial charge in [0.1, 0.15) is 5.75 Å². The Morgan fingerprint density at radius 3 is 2.62 bits per heavy atom. The van der Waals surface area contributed by atoms with Crippen LogP contribution in [0, 0.1) is 20.8 Å². The number of aliphatic imine (C=N–C) groups is 1. The van der Waals surface area contributed by atoms with E-state index in [0.29, 0.717) is 19.8 Å². The van der Waals surface area contributed by atoms with Crippen molar-refractivity contribution in [2.75, 3.05) is 33.9 Å². The fourth-order valence-corrected chi connectivity index (χ4v) is 3.76. The summed E-state index contributed by atoms with van der Waals surface area (Å²) in [7, 11) is 3.49. The molecule has 1 aromatic heterocycles. The Bertz CT molecular complexity index is 780. The van der Waals surface area contributed by atoms with Crippen LogP contribution in [0.5, 0.6) is 5.75 Å². The van der Waals surface area contributed by atoms with Gasteiger partial charge < -0.3 is 20.1 Å². The van der Waals surface area contributed by atoms with Crippen molar-refractivity contribution in [3.05, 3.63) is 44.9 Å². The van der Waals surface area contributed by atoms with Crippen molar-refractivity contribution in [1.82, 2.24) is 15.6 Å². The highest BCUT2D eigenvalue weighted by atomic mass is 127. The van der Waals surface area contributed by atoms with Crippen molar-refractivity contribution in [2.24, 2.45) is 4.99 Å².